The lowest BCUT2D eigenvalue weighted by molar-refractivity contribution is -0.118. The minimum Gasteiger partial charge on any atom is -0.495 e. The van der Waals surface area contributed by atoms with Gasteiger partial charge in [-0.1, -0.05) is 17.7 Å². The monoisotopic (exact) mass is 279 g/mol. The Morgan fingerprint density at radius 2 is 2.29 bits per heavy atom. The zero-order valence-electron chi connectivity index (χ0n) is 9.17. The second kappa shape index (κ2) is 6.67. The average Bonchev–Trinajstić information content (AvgIpc) is 2.35. The number of methoxy groups -OCH3 is 1. The maximum Gasteiger partial charge on any atom is 0.235 e. The minimum atomic E-state index is -1.33. The highest BCUT2D eigenvalue weighted by Gasteiger charge is 2.13. The Kier molecular flexibility index (Phi) is 5.51. The van der Waals surface area contributed by atoms with Crippen LogP contribution in [0.5, 0.6) is 5.75 Å². The molecule has 17 heavy (non-hydrogen) atoms. The third-order valence-electron chi connectivity index (χ3n) is 2.14. The van der Waals surface area contributed by atoms with E-state index in [0.717, 1.165) is 0 Å². The molecule has 1 aromatic carbocycles. The van der Waals surface area contributed by atoms with Crippen molar-refractivity contribution in [3.05, 3.63) is 28.8 Å². The molecule has 1 amide bonds. The van der Waals surface area contributed by atoms with Gasteiger partial charge < -0.3 is 10.1 Å². The fourth-order valence-corrected chi connectivity index (χ4v) is 1.53. The molecule has 0 aliphatic carbocycles. The molecule has 1 unspecified atom stereocenters. The van der Waals surface area contributed by atoms with Gasteiger partial charge in [-0.25, -0.2) is 4.39 Å². The molecule has 0 aliphatic heterocycles. The van der Waals surface area contributed by atoms with Gasteiger partial charge >= 0.3 is 0 Å². The van der Waals surface area contributed by atoms with Crippen LogP contribution in [0, 0.1) is 0 Å². The summed E-state index contributed by atoms with van der Waals surface area (Å²) < 4.78 is 18.7. The van der Waals surface area contributed by atoms with E-state index in [4.69, 9.17) is 27.9 Å². The van der Waals surface area contributed by atoms with Crippen molar-refractivity contribution in [1.82, 2.24) is 5.32 Å². The van der Waals surface area contributed by atoms with Gasteiger partial charge in [0, 0.05) is 0 Å². The summed E-state index contributed by atoms with van der Waals surface area (Å²) in [5.41, 5.74) is 0.390. The number of carbonyl (C=O) groups is 1. The van der Waals surface area contributed by atoms with Gasteiger partial charge in [0.2, 0.25) is 5.91 Å². The Morgan fingerprint density at radius 3 is 2.88 bits per heavy atom. The van der Waals surface area contributed by atoms with Crippen molar-refractivity contribution >= 4 is 29.1 Å². The molecule has 0 fully saturated rings. The number of halogens is 3. The fourth-order valence-electron chi connectivity index (χ4n) is 1.24. The molecule has 0 heterocycles. The smallest absolute Gasteiger partial charge is 0.235 e. The molecular formula is C11H12Cl2FNO2. The normalized spacial score (nSPS) is 12.0. The van der Waals surface area contributed by atoms with Crippen molar-refractivity contribution in [2.24, 2.45) is 0 Å². The first kappa shape index (κ1) is 14.1. The SMILES string of the molecule is COc1cc(C(F)CNC(=O)CCl)ccc1Cl. The summed E-state index contributed by atoms with van der Waals surface area (Å²) >= 11 is 11.1. The summed E-state index contributed by atoms with van der Waals surface area (Å²) in [6.07, 6.45) is -1.33. The summed E-state index contributed by atoms with van der Waals surface area (Å²) in [6, 6.07) is 4.59. The maximum absolute atomic E-state index is 13.7. The third-order valence-corrected chi connectivity index (χ3v) is 2.69. The molecule has 0 aliphatic rings. The second-order valence-corrected chi connectivity index (χ2v) is 3.97. The fraction of sp³-hybridized carbons (Fsp3) is 0.364. The predicted molar refractivity (Wildman–Crippen MR) is 65.6 cm³/mol. The number of rotatable bonds is 5. The summed E-state index contributed by atoms with van der Waals surface area (Å²) in [5.74, 6) is -0.192. The van der Waals surface area contributed by atoms with Crippen LogP contribution in [-0.2, 0) is 4.79 Å². The van der Waals surface area contributed by atoms with Gasteiger partial charge in [-0.05, 0) is 17.7 Å². The Hall–Kier alpha value is -1.00. The van der Waals surface area contributed by atoms with Crippen molar-refractivity contribution in [2.75, 3.05) is 19.5 Å². The Balaban J connectivity index is 2.68. The Labute approximate surface area is 109 Å². The lowest BCUT2D eigenvalue weighted by Gasteiger charge is -2.11. The van der Waals surface area contributed by atoms with Gasteiger partial charge in [-0.2, -0.15) is 0 Å². The lowest BCUT2D eigenvalue weighted by Crippen LogP contribution is -2.27. The summed E-state index contributed by atoms with van der Waals surface area (Å²) in [4.78, 5) is 10.9. The Bertz CT molecular complexity index is 401. The standard InChI is InChI=1S/C11H12Cl2FNO2/c1-17-10-4-7(2-3-8(10)13)9(14)6-15-11(16)5-12/h2-4,9H,5-6H2,1H3,(H,15,16). The van der Waals surface area contributed by atoms with E-state index in [1.807, 2.05) is 0 Å². The third kappa shape index (κ3) is 4.06. The number of nitrogens with one attached hydrogen (secondary N) is 1. The largest absolute Gasteiger partial charge is 0.495 e. The van der Waals surface area contributed by atoms with Gasteiger partial charge in [0.1, 0.15) is 17.8 Å². The van der Waals surface area contributed by atoms with Crippen LogP contribution >= 0.6 is 23.2 Å². The quantitative estimate of drug-likeness (QED) is 0.842. The first-order chi connectivity index (χ1) is 8.08. The second-order valence-electron chi connectivity index (χ2n) is 3.30. The first-order valence-electron chi connectivity index (χ1n) is 4.88. The van der Waals surface area contributed by atoms with Crippen molar-refractivity contribution in [3.8, 4) is 5.75 Å². The minimum absolute atomic E-state index is 0.129. The molecular weight excluding hydrogens is 268 g/mol. The van der Waals surface area contributed by atoms with E-state index in [1.54, 1.807) is 12.1 Å². The van der Waals surface area contributed by atoms with Crippen molar-refractivity contribution in [3.63, 3.8) is 0 Å². The molecule has 1 aromatic rings. The highest BCUT2D eigenvalue weighted by Crippen LogP contribution is 2.28. The molecule has 0 bridgehead atoms. The topological polar surface area (TPSA) is 38.3 Å². The molecule has 0 radical (unpaired) electrons. The lowest BCUT2D eigenvalue weighted by atomic mass is 10.1. The molecule has 94 valence electrons. The van der Waals surface area contributed by atoms with Crippen molar-refractivity contribution in [2.45, 2.75) is 6.17 Å². The molecule has 0 spiro atoms. The van der Waals surface area contributed by atoms with Gasteiger partial charge in [0.15, 0.2) is 0 Å². The van der Waals surface area contributed by atoms with Crippen LogP contribution in [0.15, 0.2) is 18.2 Å². The zero-order valence-corrected chi connectivity index (χ0v) is 10.7. The van der Waals surface area contributed by atoms with E-state index in [9.17, 15) is 9.18 Å². The van der Waals surface area contributed by atoms with Crippen molar-refractivity contribution < 1.29 is 13.9 Å². The molecule has 6 heteroatoms. The predicted octanol–water partition coefficient (Wildman–Crippen LogP) is 2.71. The summed E-state index contributed by atoms with van der Waals surface area (Å²) in [6.45, 7) is -0.129. The average molecular weight is 280 g/mol. The number of ether oxygens (including phenoxy) is 1. The van der Waals surface area contributed by atoms with E-state index in [0.29, 0.717) is 16.3 Å². The van der Waals surface area contributed by atoms with Gasteiger partial charge in [-0.3, -0.25) is 4.79 Å². The molecule has 0 aromatic heterocycles. The van der Waals surface area contributed by atoms with Crippen LogP contribution < -0.4 is 10.1 Å². The van der Waals surface area contributed by atoms with Gasteiger partial charge in [0.25, 0.3) is 0 Å². The zero-order chi connectivity index (χ0) is 12.8. The van der Waals surface area contributed by atoms with Gasteiger partial charge in [0.05, 0.1) is 18.7 Å². The van der Waals surface area contributed by atoms with E-state index in [1.165, 1.54) is 13.2 Å². The molecule has 1 atom stereocenters. The first-order valence-corrected chi connectivity index (χ1v) is 5.80. The number of amides is 1. The summed E-state index contributed by atoms with van der Waals surface area (Å²) in [5, 5.41) is 2.77. The van der Waals surface area contributed by atoms with Crippen LogP contribution in [-0.4, -0.2) is 25.4 Å². The summed E-state index contributed by atoms with van der Waals surface area (Å²) in [7, 11) is 1.45. The number of carbonyl (C=O) groups excluding carboxylic acids is 1. The van der Waals surface area contributed by atoms with Crippen LogP contribution in [0.1, 0.15) is 11.7 Å². The number of benzene rings is 1. The van der Waals surface area contributed by atoms with Gasteiger partial charge in [-0.15, -0.1) is 11.6 Å². The van der Waals surface area contributed by atoms with E-state index in [-0.39, 0.29) is 12.4 Å². The Morgan fingerprint density at radius 1 is 1.59 bits per heavy atom. The number of hydrogen-bond acceptors (Lipinski definition) is 2. The maximum atomic E-state index is 13.7. The molecule has 0 saturated carbocycles. The molecule has 1 rings (SSSR count). The van der Waals surface area contributed by atoms with Crippen molar-refractivity contribution in [1.29, 1.82) is 0 Å². The van der Waals surface area contributed by atoms with Crippen LogP contribution in [0.4, 0.5) is 4.39 Å². The van der Waals surface area contributed by atoms with E-state index < -0.39 is 12.1 Å². The molecule has 0 saturated heterocycles. The highest BCUT2D eigenvalue weighted by molar-refractivity contribution is 6.32. The van der Waals surface area contributed by atoms with E-state index in [2.05, 4.69) is 5.32 Å². The number of hydrogen-bond donors (Lipinski definition) is 1. The van der Waals surface area contributed by atoms with Crippen LogP contribution in [0.3, 0.4) is 0 Å². The van der Waals surface area contributed by atoms with Crippen LogP contribution in [0.25, 0.3) is 0 Å². The van der Waals surface area contributed by atoms with Crippen LogP contribution in [0.2, 0.25) is 5.02 Å². The van der Waals surface area contributed by atoms with E-state index >= 15 is 0 Å². The molecule has 1 N–H and O–H groups in total. The highest BCUT2D eigenvalue weighted by atomic mass is 35.5. The number of alkyl halides is 2. The molecule has 3 nitrogen and oxygen atoms in total.